The molecule has 0 N–H and O–H groups in total. The van der Waals surface area contributed by atoms with Crippen LogP contribution in [-0.2, 0) is 0 Å². The third-order valence-corrected chi connectivity index (χ3v) is 4.40. The molecule has 0 aromatic heterocycles. The Bertz CT molecular complexity index is 897. The van der Waals surface area contributed by atoms with Crippen LogP contribution >= 0.6 is 23.2 Å². The summed E-state index contributed by atoms with van der Waals surface area (Å²) in [5.41, 5.74) is 3.12. The highest BCUT2D eigenvalue weighted by atomic mass is 35.5. The summed E-state index contributed by atoms with van der Waals surface area (Å²) in [5.74, 6) is 0.00265. The molecule has 3 aromatic carbocycles. The van der Waals surface area contributed by atoms with Crippen LogP contribution in [0.4, 0.5) is 0 Å². The van der Waals surface area contributed by atoms with Gasteiger partial charge in [0.15, 0.2) is 5.78 Å². The van der Waals surface area contributed by atoms with E-state index in [0.717, 1.165) is 21.9 Å². The van der Waals surface area contributed by atoms with Gasteiger partial charge in [0, 0.05) is 37.5 Å². The van der Waals surface area contributed by atoms with Crippen LogP contribution in [0.25, 0.3) is 21.9 Å². The highest BCUT2D eigenvalue weighted by Crippen LogP contribution is 2.44. The number of ketones is 1. The van der Waals surface area contributed by atoms with Crippen LogP contribution in [0.15, 0.2) is 48.5 Å². The third-order valence-electron chi connectivity index (χ3n) is 3.76. The lowest BCUT2D eigenvalue weighted by Gasteiger charge is -2.21. The zero-order chi connectivity index (χ0) is 13.9. The van der Waals surface area contributed by atoms with Crippen LogP contribution in [0.3, 0.4) is 0 Å². The zero-order valence-electron chi connectivity index (χ0n) is 10.3. The van der Waals surface area contributed by atoms with Crippen molar-refractivity contribution in [2.75, 3.05) is 0 Å². The maximum atomic E-state index is 12.7. The van der Waals surface area contributed by atoms with Gasteiger partial charge in [-0.2, -0.15) is 0 Å². The Morgan fingerprint density at radius 1 is 0.700 bits per heavy atom. The molecule has 0 bridgehead atoms. The quantitative estimate of drug-likeness (QED) is 0.427. The minimum atomic E-state index is 0.00265. The second kappa shape index (κ2) is 4.08. The molecule has 3 aromatic rings. The molecule has 0 heterocycles. The Morgan fingerprint density at radius 3 is 2.30 bits per heavy atom. The smallest absolute Gasteiger partial charge is 0.194 e. The molecule has 1 aliphatic rings. The van der Waals surface area contributed by atoms with Gasteiger partial charge in [0.05, 0.1) is 0 Å². The third kappa shape index (κ3) is 1.42. The SMILES string of the molecule is O=C1c2cccc(Cl)c2-c2ccc(Cl)c3cccc1c23. The summed E-state index contributed by atoms with van der Waals surface area (Å²) in [5, 5.41) is 3.02. The summed E-state index contributed by atoms with van der Waals surface area (Å²) in [6.45, 7) is 0. The summed E-state index contributed by atoms with van der Waals surface area (Å²) < 4.78 is 0. The van der Waals surface area contributed by atoms with Crippen molar-refractivity contribution in [2.45, 2.75) is 0 Å². The Kier molecular flexibility index (Phi) is 2.44. The lowest BCUT2D eigenvalue weighted by molar-refractivity contribution is 0.104. The Hall–Kier alpha value is -1.83. The average Bonchev–Trinajstić information content (AvgIpc) is 2.46. The minimum Gasteiger partial charge on any atom is -0.289 e. The van der Waals surface area contributed by atoms with Crippen LogP contribution in [0.1, 0.15) is 15.9 Å². The second-order valence-corrected chi connectivity index (χ2v) is 5.63. The summed E-state index contributed by atoms with van der Waals surface area (Å²) >= 11 is 12.6. The Balaban J connectivity index is 2.29. The van der Waals surface area contributed by atoms with Crippen molar-refractivity contribution in [1.82, 2.24) is 0 Å². The maximum absolute atomic E-state index is 12.7. The molecule has 20 heavy (non-hydrogen) atoms. The summed E-state index contributed by atoms with van der Waals surface area (Å²) in [6, 6.07) is 14.9. The first-order valence-corrected chi connectivity index (χ1v) is 6.99. The lowest BCUT2D eigenvalue weighted by Crippen LogP contribution is -2.10. The van der Waals surface area contributed by atoms with Crippen LogP contribution in [0.2, 0.25) is 10.0 Å². The first kappa shape index (κ1) is 12.0. The van der Waals surface area contributed by atoms with Gasteiger partial charge in [-0.05, 0) is 17.7 Å². The Morgan fingerprint density at radius 2 is 1.45 bits per heavy atom. The molecule has 1 nitrogen and oxygen atoms in total. The van der Waals surface area contributed by atoms with Crippen LogP contribution < -0.4 is 0 Å². The summed E-state index contributed by atoms with van der Waals surface area (Å²) in [4.78, 5) is 12.7. The fourth-order valence-corrected chi connectivity index (χ4v) is 3.40. The van der Waals surface area contributed by atoms with Gasteiger partial charge in [-0.1, -0.05) is 59.6 Å². The standard InChI is InChI=1S/C17H8Cl2O/c18-13-8-7-10-15-9(13)3-1-4-11(15)17(20)12-5-2-6-14(19)16(10)12/h1-8H. The van der Waals surface area contributed by atoms with Gasteiger partial charge >= 0.3 is 0 Å². The predicted octanol–water partition coefficient (Wildman–Crippen LogP) is 5.36. The number of carbonyl (C=O) groups excluding carboxylic acids is 1. The number of rotatable bonds is 0. The second-order valence-electron chi connectivity index (χ2n) is 4.81. The van der Waals surface area contributed by atoms with E-state index in [9.17, 15) is 4.79 Å². The molecule has 0 spiro atoms. The minimum absolute atomic E-state index is 0.00265. The van der Waals surface area contributed by atoms with E-state index in [-0.39, 0.29) is 5.78 Å². The van der Waals surface area contributed by atoms with E-state index in [1.807, 2.05) is 42.5 Å². The van der Waals surface area contributed by atoms with Crippen molar-refractivity contribution in [1.29, 1.82) is 0 Å². The van der Waals surface area contributed by atoms with Crippen LogP contribution in [0, 0.1) is 0 Å². The molecule has 0 saturated carbocycles. The Labute approximate surface area is 125 Å². The van der Waals surface area contributed by atoms with E-state index in [1.54, 1.807) is 6.07 Å². The number of hydrogen-bond donors (Lipinski definition) is 0. The van der Waals surface area contributed by atoms with Gasteiger partial charge in [-0.3, -0.25) is 4.79 Å². The molecule has 0 radical (unpaired) electrons. The summed E-state index contributed by atoms with van der Waals surface area (Å²) in [6.07, 6.45) is 0. The van der Waals surface area contributed by atoms with E-state index in [0.29, 0.717) is 21.2 Å². The van der Waals surface area contributed by atoms with Gasteiger partial charge in [0.25, 0.3) is 0 Å². The number of benzene rings is 3. The van der Waals surface area contributed by atoms with E-state index < -0.39 is 0 Å². The molecule has 3 heteroatoms. The number of halogens is 2. The molecule has 0 aliphatic heterocycles. The van der Waals surface area contributed by atoms with Crippen LogP contribution in [-0.4, -0.2) is 5.78 Å². The van der Waals surface area contributed by atoms with Gasteiger partial charge in [-0.15, -0.1) is 0 Å². The fourth-order valence-electron chi connectivity index (χ4n) is 2.90. The van der Waals surface area contributed by atoms with Crippen molar-refractivity contribution >= 4 is 39.8 Å². The number of hydrogen-bond acceptors (Lipinski definition) is 1. The maximum Gasteiger partial charge on any atom is 0.194 e. The molecule has 0 amide bonds. The van der Waals surface area contributed by atoms with Crippen molar-refractivity contribution < 1.29 is 4.79 Å². The highest BCUT2D eigenvalue weighted by Gasteiger charge is 2.26. The first-order valence-electron chi connectivity index (χ1n) is 6.23. The number of fused-ring (bicyclic) bond motifs is 2. The molecule has 96 valence electrons. The predicted molar refractivity (Wildman–Crippen MR) is 82.8 cm³/mol. The van der Waals surface area contributed by atoms with Crippen molar-refractivity contribution in [3.8, 4) is 11.1 Å². The van der Waals surface area contributed by atoms with E-state index >= 15 is 0 Å². The number of carbonyl (C=O) groups is 1. The normalized spacial score (nSPS) is 12.6. The van der Waals surface area contributed by atoms with Gasteiger partial charge in [0.1, 0.15) is 0 Å². The molecular formula is C17H8Cl2O. The monoisotopic (exact) mass is 298 g/mol. The molecular weight excluding hydrogens is 291 g/mol. The van der Waals surface area contributed by atoms with Gasteiger partial charge in [0.2, 0.25) is 0 Å². The van der Waals surface area contributed by atoms with E-state index in [1.165, 1.54) is 0 Å². The van der Waals surface area contributed by atoms with Crippen molar-refractivity contribution in [2.24, 2.45) is 0 Å². The van der Waals surface area contributed by atoms with Crippen molar-refractivity contribution in [3.63, 3.8) is 0 Å². The lowest BCUT2D eigenvalue weighted by atomic mass is 9.83. The average molecular weight is 299 g/mol. The van der Waals surface area contributed by atoms with E-state index in [4.69, 9.17) is 23.2 Å². The molecule has 4 rings (SSSR count). The first-order chi connectivity index (χ1) is 9.68. The molecule has 0 atom stereocenters. The zero-order valence-corrected chi connectivity index (χ0v) is 11.8. The fraction of sp³-hybridized carbons (Fsp3) is 0. The van der Waals surface area contributed by atoms with Crippen molar-refractivity contribution in [3.05, 3.63) is 69.7 Å². The largest absolute Gasteiger partial charge is 0.289 e. The molecule has 1 aliphatic carbocycles. The summed E-state index contributed by atoms with van der Waals surface area (Å²) in [7, 11) is 0. The molecule has 0 fully saturated rings. The van der Waals surface area contributed by atoms with Gasteiger partial charge in [-0.25, -0.2) is 0 Å². The van der Waals surface area contributed by atoms with Crippen LogP contribution in [0.5, 0.6) is 0 Å². The van der Waals surface area contributed by atoms with Gasteiger partial charge < -0.3 is 0 Å². The topological polar surface area (TPSA) is 17.1 Å². The van der Waals surface area contributed by atoms with E-state index in [2.05, 4.69) is 0 Å². The molecule has 0 unspecified atom stereocenters. The molecule has 0 saturated heterocycles. The highest BCUT2D eigenvalue weighted by molar-refractivity contribution is 6.40.